The van der Waals surface area contributed by atoms with Gasteiger partial charge in [0.2, 0.25) is 5.91 Å². The number of carbonyl (C=O) groups excluding carboxylic acids is 1. The van der Waals surface area contributed by atoms with Gasteiger partial charge in [-0.05, 0) is 5.56 Å². The van der Waals surface area contributed by atoms with E-state index in [1.807, 2.05) is 35.5 Å². The number of aromatic nitrogens is 2. The predicted octanol–water partition coefficient (Wildman–Crippen LogP) is 1.75. The largest absolute Gasteiger partial charge is 0.344 e. The summed E-state index contributed by atoms with van der Waals surface area (Å²) in [6.45, 7) is 2.33. The molecule has 6 nitrogen and oxygen atoms in total. The molecule has 1 aromatic heterocycles. The smallest absolute Gasteiger partial charge is 0.226 e. The van der Waals surface area contributed by atoms with E-state index in [0.29, 0.717) is 13.0 Å². The summed E-state index contributed by atoms with van der Waals surface area (Å²) in [6.07, 6.45) is 6.59. The molecule has 0 bridgehead atoms. The van der Waals surface area contributed by atoms with Crippen LogP contribution in [0.5, 0.6) is 0 Å². The number of ether oxygens (including phenoxy) is 1. The maximum atomic E-state index is 12.6. The van der Waals surface area contributed by atoms with Crippen molar-refractivity contribution in [1.29, 1.82) is 0 Å². The van der Waals surface area contributed by atoms with E-state index in [4.69, 9.17) is 4.74 Å². The number of rotatable bonds is 3. The third-order valence-corrected chi connectivity index (χ3v) is 5.71. The molecule has 0 unspecified atom stereocenters. The van der Waals surface area contributed by atoms with Crippen molar-refractivity contribution in [2.24, 2.45) is 0 Å². The molecular formula is C19H20N4O2. The fourth-order valence-corrected chi connectivity index (χ4v) is 4.59. The second-order valence-corrected chi connectivity index (χ2v) is 7.05. The number of carbonyl (C=O) groups is 1. The van der Waals surface area contributed by atoms with Crippen LogP contribution in [0.15, 0.2) is 49.1 Å². The summed E-state index contributed by atoms with van der Waals surface area (Å²) in [7, 11) is 0. The van der Waals surface area contributed by atoms with Crippen LogP contribution in [0.3, 0.4) is 0 Å². The second-order valence-electron chi connectivity index (χ2n) is 7.05. The minimum Gasteiger partial charge on any atom is -0.344 e. The molecule has 1 amide bonds. The summed E-state index contributed by atoms with van der Waals surface area (Å²) in [5, 5.41) is 0. The van der Waals surface area contributed by atoms with Crippen LogP contribution in [-0.2, 0) is 16.1 Å². The Hall–Kier alpha value is -2.31. The normalized spacial score (nSPS) is 31.4. The average molecular weight is 336 g/mol. The first-order valence-electron chi connectivity index (χ1n) is 8.77. The first-order valence-corrected chi connectivity index (χ1v) is 8.77. The van der Waals surface area contributed by atoms with Crippen molar-refractivity contribution < 1.29 is 9.53 Å². The zero-order valence-electron chi connectivity index (χ0n) is 13.9. The number of hydrogen-bond donors (Lipinski definition) is 0. The van der Waals surface area contributed by atoms with Gasteiger partial charge in [0, 0.05) is 43.9 Å². The fourth-order valence-electron chi connectivity index (χ4n) is 4.59. The van der Waals surface area contributed by atoms with Crippen LogP contribution >= 0.6 is 0 Å². The first kappa shape index (κ1) is 15.0. The van der Waals surface area contributed by atoms with E-state index in [2.05, 4.69) is 27.0 Å². The molecule has 2 aromatic rings. The molecule has 1 aromatic carbocycles. The molecule has 5 rings (SSSR count). The Morgan fingerprint density at radius 3 is 2.80 bits per heavy atom. The molecule has 3 aliphatic rings. The highest BCUT2D eigenvalue weighted by Crippen LogP contribution is 2.50. The molecule has 6 heteroatoms. The van der Waals surface area contributed by atoms with Crippen molar-refractivity contribution in [2.45, 2.75) is 37.3 Å². The van der Waals surface area contributed by atoms with E-state index in [1.54, 1.807) is 6.33 Å². The van der Waals surface area contributed by atoms with Gasteiger partial charge in [-0.25, -0.2) is 9.97 Å². The van der Waals surface area contributed by atoms with Crippen LogP contribution in [-0.4, -0.2) is 50.5 Å². The van der Waals surface area contributed by atoms with Gasteiger partial charge in [-0.15, -0.1) is 0 Å². The summed E-state index contributed by atoms with van der Waals surface area (Å²) in [5.74, 6) is 0.206. The van der Waals surface area contributed by atoms with Gasteiger partial charge in [-0.2, -0.15) is 0 Å². The Labute approximate surface area is 146 Å². The molecule has 3 atom stereocenters. The number of nitrogens with zero attached hydrogens (tertiary/aromatic N) is 4. The summed E-state index contributed by atoms with van der Waals surface area (Å²) in [5.41, 5.74) is 1.75. The highest BCUT2D eigenvalue weighted by atomic mass is 16.5. The molecular weight excluding hydrogens is 316 g/mol. The first-order chi connectivity index (χ1) is 12.3. The SMILES string of the molecule is O=C1C[C@H]2N(Cc3cncnc3)CC[C@]23O[C@@H](c2ccccc2)CN13. The topological polar surface area (TPSA) is 58.6 Å². The maximum Gasteiger partial charge on any atom is 0.226 e. The lowest BCUT2D eigenvalue weighted by Gasteiger charge is -2.32. The molecule has 0 N–H and O–H groups in total. The molecule has 128 valence electrons. The van der Waals surface area contributed by atoms with Crippen LogP contribution < -0.4 is 0 Å². The van der Waals surface area contributed by atoms with E-state index in [9.17, 15) is 4.79 Å². The van der Waals surface area contributed by atoms with Crippen molar-refractivity contribution >= 4 is 5.91 Å². The van der Waals surface area contributed by atoms with Crippen molar-refractivity contribution in [2.75, 3.05) is 13.1 Å². The summed E-state index contributed by atoms with van der Waals surface area (Å²) < 4.78 is 6.55. The van der Waals surface area contributed by atoms with E-state index in [-0.39, 0.29) is 18.1 Å². The summed E-state index contributed by atoms with van der Waals surface area (Å²) in [4.78, 5) is 25.2. The minimum atomic E-state index is -0.465. The third kappa shape index (κ3) is 2.28. The number of likely N-dealkylation sites (tertiary alicyclic amines) is 1. The van der Waals surface area contributed by atoms with Crippen molar-refractivity contribution in [3.05, 3.63) is 60.2 Å². The van der Waals surface area contributed by atoms with Crippen LogP contribution in [0.2, 0.25) is 0 Å². The zero-order valence-corrected chi connectivity index (χ0v) is 13.9. The molecule has 25 heavy (non-hydrogen) atoms. The van der Waals surface area contributed by atoms with Gasteiger partial charge >= 0.3 is 0 Å². The lowest BCUT2D eigenvalue weighted by molar-refractivity contribution is -0.138. The summed E-state index contributed by atoms with van der Waals surface area (Å²) >= 11 is 0. The third-order valence-electron chi connectivity index (χ3n) is 5.71. The van der Waals surface area contributed by atoms with Crippen molar-refractivity contribution in [1.82, 2.24) is 19.8 Å². The van der Waals surface area contributed by atoms with E-state index in [0.717, 1.165) is 30.6 Å². The molecule has 0 aliphatic carbocycles. The second kappa shape index (κ2) is 5.61. The van der Waals surface area contributed by atoms with Crippen molar-refractivity contribution in [3.8, 4) is 0 Å². The van der Waals surface area contributed by atoms with Gasteiger partial charge < -0.3 is 9.64 Å². The Morgan fingerprint density at radius 1 is 1.20 bits per heavy atom. The monoisotopic (exact) mass is 336 g/mol. The van der Waals surface area contributed by atoms with Gasteiger partial charge in [0.05, 0.1) is 12.6 Å². The van der Waals surface area contributed by atoms with Crippen molar-refractivity contribution in [3.63, 3.8) is 0 Å². The van der Waals surface area contributed by atoms with E-state index < -0.39 is 5.72 Å². The standard InChI is InChI=1S/C19H20N4O2/c24-18-8-17-19(6-7-22(17)11-14-9-20-13-21-10-14)23(18)12-16(25-19)15-4-2-1-3-5-15/h1-5,9-10,13,16-17H,6-8,11-12H2/t16-,17-,19+/m1/s1. The highest BCUT2D eigenvalue weighted by Gasteiger charge is 2.63. The molecule has 3 aliphatic heterocycles. The van der Waals surface area contributed by atoms with Gasteiger partial charge in [0.25, 0.3) is 0 Å². The van der Waals surface area contributed by atoms with Gasteiger partial charge in [-0.3, -0.25) is 9.69 Å². The molecule has 0 saturated carbocycles. The fraction of sp³-hybridized carbons (Fsp3) is 0.421. The molecule has 0 radical (unpaired) electrons. The maximum absolute atomic E-state index is 12.6. The summed E-state index contributed by atoms with van der Waals surface area (Å²) in [6, 6.07) is 10.3. The molecule has 1 spiro atoms. The molecule has 3 fully saturated rings. The van der Waals surface area contributed by atoms with Gasteiger partial charge in [0.15, 0.2) is 5.72 Å². The quantitative estimate of drug-likeness (QED) is 0.855. The Kier molecular flexibility index (Phi) is 3.36. The number of hydrogen-bond acceptors (Lipinski definition) is 5. The average Bonchev–Trinajstić information content (AvgIpc) is 3.27. The van der Waals surface area contributed by atoms with Gasteiger partial charge in [-0.1, -0.05) is 30.3 Å². The highest BCUT2D eigenvalue weighted by molar-refractivity contribution is 5.81. The minimum absolute atomic E-state index is 0.0343. The Balaban J connectivity index is 1.41. The van der Waals surface area contributed by atoms with E-state index >= 15 is 0 Å². The zero-order chi connectivity index (χ0) is 16.9. The van der Waals surface area contributed by atoms with Gasteiger partial charge in [0.1, 0.15) is 12.4 Å². The molecule has 3 saturated heterocycles. The lowest BCUT2D eigenvalue weighted by Crippen LogP contribution is -2.47. The van der Waals surface area contributed by atoms with Crippen LogP contribution in [0, 0.1) is 0 Å². The van der Waals surface area contributed by atoms with Crippen LogP contribution in [0.1, 0.15) is 30.1 Å². The predicted molar refractivity (Wildman–Crippen MR) is 90.2 cm³/mol. The Morgan fingerprint density at radius 2 is 2.00 bits per heavy atom. The lowest BCUT2D eigenvalue weighted by atomic mass is 10.1. The van der Waals surface area contributed by atoms with Crippen LogP contribution in [0.4, 0.5) is 0 Å². The molecule has 4 heterocycles. The number of benzene rings is 1. The Bertz CT molecular complexity index is 785. The van der Waals surface area contributed by atoms with E-state index in [1.165, 1.54) is 0 Å². The number of amides is 1. The van der Waals surface area contributed by atoms with Crippen LogP contribution in [0.25, 0.3) is 0 Å².